The maximum absolute atomic E-state index is 14.0. The molecule has 4 unspecified atom stereocenters. The molecule has 0 radical (unpaired) electrons. The third-order valence-corrected chi connectivity index (χ3v) is 7.63. The molecule has 0 aliphatic carbocycles. The predicted molar refractivity (Wildman–Crippen MR) is 154 cm³/mol. The van der Waals surface area contributed by atoms with Crippen LogP contribution in [0.5, 0.6) is 0 Å². The highest BCUT2D eigenvalue weighted by molar-refractivity contribution is 5.94. The first-order valence-electron chi connectivity index (χ1n) is 14.3. The fourth-order valence-electron chi connectivity index (χ4n) is 5.71. The molecule has 2 aliphatic heterocycles. The van der Waals surface area contributed by atoms with Gasteiger partial charge in [0, 0.05) is 12.0 Å². The Balaban J connectivity index is 1.49. The molecule has 0 bridgehead atoms. The van der Waals surface area contributed by atoms with E-state index < -0.39 is 29.7 Å². The average Bonchev–Trinajstić information content (AvgIpc) is 3.33. The van der Waals surface area contributed by atoms with E-state index in [0.717, 1.165) is 11.1 Å². The zero-order chi connectivity index (χ0) is 29.6. The second-order valence-electron chi connectivity index (χ2n) is 11.7. The van der Waals surface area contributed by atoms with Crippen molar-refractivity contribution in [3.63, 3.8) is 0 Å². The summed E-state index contributed by atoms with van der Waals surface area (Å²) in [5, 5.41) is 8.40. The van der Waals surface area contributed by atoms with Gasteiger partial charge in [-0.05, 0) is 64.1 Å². The van der Waals surface area contributed by atoms with Crippen molar-refractivity contribution in [1.82, 2.24) is 20.9 Å². The summed E-state index contributed by atoms with van der Waals surface area (Å²) in [7, 11) is 0. The van der Waals surface area contributed by atoms with Crippen LogP contribution < -0.4 is 21.7 Å². The standard InChI is InChI=1S/C31H41N5O5/c1-31(2,3)41-30(40)33-19-25(37)34-27-22(18-32)14-15-23-16-17-24(36(23)29(27)39)28(38)35-26(20-10-6-4-7-11-20)21-12-8-5-9-13-21/h4-13,22-24,26-27H,14-19,32H2,1-3H3,(H,33,40)(H,34,37)(H,35,38). The normalized spacial score (nSPS) is 22.5. The zero-order valence-corrected chi connectivity index (χ0v) is 24.0. The van der Waals surface area contributed by atoms with Gasteiger partial charge in [-0.3, -0.25) is 14.4 Å². The molecule has 41 heavy (non-hydrogen) atoms. The molecule has 2 aromatic rings. The van der Waals surface area contributed by atoms with Crippen molar-refractivity contribution >= 4 is 23.8 Å². The number of nitrogens with one attached hydrogen (secondary N) is 3. The van der Waals surface area contributed by atoms with Crippen molar-refractivity contribution in [3.05, 3.63) is 71.8 Å². The molecule has 2 aromatic carbocycles. The highest BCUT2D eigenvalue weighted by Crippen LogP contribution is 2.34. The molecule has 0 spiro atoms. The van der Waals surface area contributed by atoms with Crippen LogP contribution in [-0.4, -0.2) is 65.5 Å². The second-order valence-corrected chi connectivity index (χ2v) is 11.7. The molecule has 220 valence electrons. The van der Waals surface area contributed by atoms with Crippen LogP contribution >= 0.6 is 0 Å². The van der Waals surface area contributed by atoms with Crippen molar-refractivity contribution in [2.75, 3.05) is 13.1 Å². The topological polar surface area (TPSA) is 143 Å². The summed E-state index contributed by atoms with van der Waals surface area (Å²) in [6.45, 7) is 5.04. The first-order chi connectivity index (χ1) is 19.6. The third kappa shape index (κ3) is 7.64. The summed E-state index contributed by atoms with van der Waals surface area (Å²) in [6, 6.07) is 17.4. The molecule has 4 amide bonds. The summed E-state index contributed by atoms with van der Waals surface area (Å²) >= 11 is 0. The monoisotopic (exact) mass is 563 g/mol. The third-order valence-electron chi connectivity index (χ3n) is 7.63. The van der Waals surface area contributed by atoms with E-state index >= 15 is 0 Å². The highest BCUT2D eigenvalue weighted by Gasteiger charge is 2.47. The van der Waals surface area contributed by atoms with Gasteiger partial charge in [0.25, 0.3) is 0 Å². The molecular formula is C31H41N5O5. The molecule has 2 heterocycles. The van der Waals surface area contributed by atoms with Gasteiger partial charge in [0.05, 0.1) is 6.04 Å². The van der Waals surface area contributed by atoms with Gasteiger partial charge in [-0.1, -0.05) is 60.7 Å². The van der Waals surface area contributed by atoms with Crippen LogP contribution in [0, 0.1) is 5.92 Å². The Bertz CT molecular complexity index is 1180. The Labute approximate surface area is 241 Å². The minimum absolute atomic E-state index is 0.110. The quantitative estimate of drug-likeness (QED) is 0.389. The molecule has 4 rings (SSSR count). The van der Waals surface area contributed by atoms with Gasteiger partial charge in [0.15, 0.2) is 0 Å². The number of alkyl carbamates (subject to hydrolysis) is 1. The van der Waals surface area contributed by atoms with Gasteiger partial charge in [-0.2, -0.15) is 0 Å². The van der Waals surface area contributed by atoms with Gasteiger partial charge in [0.2, 0.25) is 17.7 Å². The number of nitrogens with two attached hydrogens (primary N) is 1. The maximum Gasteiger partial charge on any atom is 0.408 e. The van der Waals surface area contributed by atoms with E-state index in [1.165, 1.54) is 0 Å². The molecule has 2 aliphatic rings. The highest BCUT2D eigenvalue weighted by atomic mass is 16.6. The molecule has 10 nitrogen and oxygen atoms in total. The number of fused-ring (bicyclic) bond motifs is 1. The van der Waals surface area contributed by atoms with Crippen LogP contribution in [0.3, 0.4) is 0 Å². The van der Waals surface area contributed by atoms with Crippen LogP contribution in [-0.2, 0) is 19.1 Å². The maximum atomic E-state index is 14.0. The van der Waals surface area contributed by atoms with Crippen molar-refractivity contribution in [2.45, 2.75) is 76.2 Å². The first-order valence-corrected chi connectivity index (χ1v) is 14.3. The number of carbonyl (C=O) groups is 4. The number of hydrogen-bond acceptors (Lipinski definition) is 6. The number of amides is 4. The first kappa shape index (κ1) is 30.0. The van der Waals surface area contributed by atoms with E-state index in [9.17, 15) is 19.2 Å². The fourth-order valence-corrected chi connectivity index (χ4v) is 5.71. The summed E-state index contributed by atoms with van der Waals surface area (Å²) in [5.41, 5.74) is 7.21. The van der Waals surface area contributed by atoms with Crippen LogP contribution in [0.1, 0.15) is 63.6 Å². The number of rotatable bonds is 8. The number of ether oxygens (including phenoxy) is 1. The summed E-state index contributed by atoms with van der Waals surface area (Å²) < 4.78 is 5.18. The SMILES string of the molecule is CC(C)(C)OC(=O)NCC(=O)NC1C(=O)N2C(CCC1CN)CCC2C(=O)NC(c1ccccc1)c1ccccc1. The Kier molecular flexibility index (Phi) is 9.65. The molecule has 0 saturated carbocycles. The Morgan fingerprint density at radius 1 is 0.951 bits per heavy atom. The van der Waals surface area contributed by atoms with Gasteiger partial charge in [-0.25, -0.2) is 4.79 Å². The van der Waals surface area contributed by atoms with Gasteiger partial charge in [-0.15, -0.1) is 0 Å². The van der Waals surface area contributed by atoms with Crippen LogP contribution in [0.2, 0.25) is 0 Å². The minimum atomic E-state index is -0.898. The molecule has 2 fully saturated rings. The predicted octanol–water partition coefficient (Wildman–Crippen LogP) is 2.63. The molecule has 10 heteroatoms. The van der Waals surface area contributed by atoms with Crippen molar-refractivity contribution in [2.24, 2.45) is 11.7 Å². The Morgan fingerprint density at radius 3 is 2.10 bits per heavy atom. The van der Waals surface area contributed by atoms with Crippen LogP contribution in [0.4, 0.5) is 4.79 Å². The number of benzene rings is 2. The Morgan fingerprint density at radius 2 is 1.54 bits per heavy atom. The summed E-state index contributed by atoms with van der Waals surface area (Å²) in [4.78, 5) is 54.2. The largest absolute Gasteiger partial charge is 0.444 e. The van der Waals surface area contributed by atoms with Crippen LogP contribution in [0.25, 0.3) is 0 Å². The summed E-state index contributed by atoms with van der Waals surface area (Å²) in [5.74, 6) is -1.37. The second kappa shape index (κ2) is 13.2. The molecule has 4 atom stereocenters. The molecule has 5 N–H and O–H groups in total. The minimum Gasteiger partial charge on any atom is -0.444 e. The lowest BCUT2D eigenvalue weighted by Crippen LogP contribution is -2.58. The van der Waals surface area contributed by atoms with E-state index in [1.54, 1.807) is 25.7 Å². The number of carbonyl (C=O) groups excluding carboxylic acids is 4. The van der Waals surface area contributed by atoms with Crippen molar-refractivity contribution in [1.29, 1.82) is 0 Å². The summed E-state index contributed by atoms with van der Waals surface area (Å²) in [6.07, 6.45) is 1.84. The van der Waals surface area contributed by atoms with E-state index in [4.69, 9.17) is 10.5 Å². The van der Waals surface area contributed by atoms with E-state index in [1.807, 2.05) is 60.7 Å². The van der Waals surface area contributed by atoms with Gasteiger partial charge < -0.3 is 31.3 Å². The molecule has 0 aromatic heterocycles. The lowest BCUT2D eigenvalue weighted by molar-refractivity contribution is -0.143. The van der Waals surface area contributed by atoms with Crippen LogP contribution in [0.15, 0.2) is 60.7 Å². The van der Waals surface area contributed by atoms with Gasteiger partial charge >= 0.3 is 6.09 Å². The lowest BCUT2D eigenvalue weighted by atomic mass is 9.93. The average molecular weight is 564 g/mol. The number of nitrogens with zero attached hydrogens (tertiary/aromatic N) is 1. The van der Waals surface area contributed by atoms with Gasteiger partial charge in [0.1, 0.15) is 24.2 Å². The molecule has 2 saturated heterocycles. The van der Waals surface area contributed by atoms with Crippen molar-refractivity contribution < 1.29 is 23.9 Å². The van der Waals surface area contributed by atoms with E-state index in [2.05, 4.69) is 16.0 Å². The zero-order valence-electron chi connectivity index (χ0n) is 24.0. The van der Waals surface area contributed by atoms with E-state index in [-0.39, 0.29) is 42.9 Å². The van der Waals surface area contributed by atoms with E-state index in [0.29, 0.717) is 25.7 Å². The molecular weight excluding hydrogens is 522 g/mol. The fraction of sp³-hybridized carbons (Fsp3) is 0.484. The van der Waals surface area contributed by atoms with Crippen molar-refractivity contribution in [3.8, 4) is 0 Å². The number of hydrogen-bond donors (Lipinski definition) is 4. The lowest BCUT2D eigenvalue weighted by Gasteiger charge is -2.33. The smallest absolute Gasteiger partial charge is 0.408 e. The Hall–Kier alpha value is -3.92.